The summed E-state index contributed by atoms with van der Waals surface area (Å²) >= 11 is 0. The normalized spacial score (nSPS) is 10.9. The number of ether oxygens (including phenoxy) is 1. The first-order valence-electron chi connectivity index (χ1n) is 6.61. The van der Waals surface area contributed by atoms with Crippen LogP contribution >= 0.6 is 0 Å². The van der Waals surface area contributed by atoms with Gasteiger partial charge >= 0.3 is 6.01 Å². The summed E-state index contributed by atoms with van der Waals surface area (Å²) in [5.74, 6) is 0.756. The Morgan fingerprint density at radius 2 is 2.10 bits per heavy atom. The van der Waals surface area contributed by atoms with E-state index in [1.54, 1.807) is 6.20 Å². The highest BCUT2D eigenvalue weighted by atomic mass is 16.5. The van der Waals surface area contributed by atoms with Gasteiger partial charge in [-0.15, -0.1) is 0 Å². The number of benzene rings is 1. The maximum Gasteiger partial charge on any atom is 0.322 e. The Balaban J connectivity index is 2.24. The van der Waals surface area contributed by atoms with Crippen LogP contribution in [0.5, 0.6) is 11.8 Å². The molecular weight excluding hydrogens is 250 g/mol. The summed E-state index contributed by atoms with van der Waals surface area (Å²) in [6.45, 7) is 4.68. The van der Waals surface area contributed by atoms with Gasteiger partial charge in [0, 0.05) is 29.6 Å². The average Bonchev–Trinajstić information content (AvgIpc) is 2.44. The number of hydrogen-bond donors (Lipinski definition) is 1. The van der Waals surface area contributed by atoms with Crippen molar-refractivity contribution in [2.45, 2.75) is 20.4 Å². The molecule has 4 nitrogen and oxygen atoms in total. The van der Waals surface area contributed by atoms with E-state index in [4.69, 9.17) is 4.74 Å². The number of allylic oxidation sites excluding steroid dienone is 1. The van der Waals surface area contributed by atoms with Crippen LogP contribution in [0.25, 0.3) is 6.08 Å². The summed E-state index contributed by atoms with van der Waals surface area (Å²) in [7, 11) is 1.90. The lowest BCUT2D eigenvalue weighted by Crippen LogP contribution is -2.08. The molecule has 4 heteroatoms. The molecule has 1 heterocycles. The van der Waals surface area contributed by atoms with Crippen LogP contribution in [-0.4, -0.2) is 17.0 Å². The van der Waals surface area contributed by atoms with Crippen molar-refractivity contribution in [2.75, 3.05) is 7.05 Å². The third kappa shape index (κ3) is 3.42. The number of aromatic nitrogens is 2. The van der Waals surface area contributed by atoms with Gasteiger partial charge in [-0.25, -0.2) is 4.98 Å². The fraction of sp³-hybridized carbons (Fsp3) is 0.250. The third-order valence-electron chi connectivity index (χ3n) is 2.89. The van der Waals surface area contributed by atoms with E-state index in [0.717, 1.165) is 29.1 Å². The molecule has 2 rings (SSSR count). The van der Waals surface area contributed by atoms with E-state index in [-0.39, 0.29) is 0 Å². The fourth-order valence-electron chi connectivity index (χ4n) is 1.87. The van der Waals surface area contributed by atoms with Crippen molar-refractivity contribution in [1.29, 1.82) is 0 Å². The van der Waals surface area contributed by atoms with E-state index in [0.29, 0.717) is 6.01 Å². The largest absolute Gasteiger partial charge is 0.424 e. The molecule has 1 aromatic carbocycles. The summed E-state index contributed by atoms with van der Waals surface area (Å²) in [6.07, 6.45) is 5.77. The lowest BCUT2D eigenvalue weighted by Gasteiger charge is -2.09. The molecule has 20 heavy (non-hydrogen) atoms. The highest BCUT2D eigenvalue weighted by Gasteiger charge is 2.06. The van der Waals surface area contributed by atoms with Gasteiger partial charge < -0.3 is 10.1 Å². The predicted octanol–water partition coefficient (Wildman–Crippen LogP) is 3.33. The Kier molecular flexibility index (Phi) is 4.85. The van der Waals surface area contributed by atoms with Gasteiger partial charge in [-0.3, -0.25) is 0 Å². The van der Waals surface area contributed by atoms with Crippen LogP contribution in [0.15, 0.2) is 36.5 Å². The first-order chi connectivity index (χ1) is 9.74. The van der Waals surface area contributed by atoms with Gasteiger partial charge in [0.25, 0.3) is 0 Å². The van der Waals surface area contributed by atoms with Gasteiger partial charge in [0.15, 0.2) is 0 Å². The smallest absolute Gasteiger partial charge is 0.322 e. The molecule has 0 aliphatic heterocycles. The summed E-state index contributed by atoms with van der Waals surface area (Å²) in [6, 6.07) is 8.20. The van der Waals surface area contributed by atoms with Gasteiger partial charge in [-0.2, -0.15) is 4.98 Å². The lowest BCUT2D eigenvalue weighted by molar-refractivity contribution is 0.438. The quantitative estimate of drug-likeness (QED) is 0.904. The molecule has 0 atom stereocenters. The Morgan fingerprint density at radius 1 is 1.30 bits per heavy atom. The maximum absolute atomic E-state index is 5.78. The van der Waals surface area contributed by atoms with E-state index < -0.39 is 0 Å². The van der Waals surface area contributed by atoms with Crippen molar-refractivity contribution in [3.63, 3.8) is 0 Å². The van der Waals surface area contributed by atoms with Gasteiger partial charge in [0.05, 0.1) is 0 Å². The lowest BCUT2D eigenvalue weighted by atomic mass is 10.2. The predicted molar refractivity (Wildman–Crippen MR) is 80.8 cm³/mol. The second kappa shape index (κ2) is 6.82. The van der Waals surface area contributed by atoms with Gasteiger partial charge in [-0.1, -0.05) is 30.4 Å². The van der Waals surface area contributed by atoms with Crippen LogP contribution in [0.1, 0.15) is 23.7 Å². The van der Waals surface area contributed by atoms with Crippen LogP contribution in [0, 0.1) is 6.92 Å². The molecule has 2 aromatic rings. The van der Waals surface area contributed by atoms with Crippen molar-refractivity contribution in [1.82, 2.24) is 15.3 Å². The molecule has 0 bridgehead atoms. The van der Waals surface area contributed by atoms with Crippen molar-refractivity contribution in [3.05, 3.63) is 53.4 Å². The molecule has 104 valence electrons. The van der Waals surface area contributed by atoms with Crippen LogP contribution in [-0.2, 0) is 6.54 Å². The van der Waals surface area contributed by atoms with E-state index >= 15 is 0 Å². The second-order valence-electron chi connectivity index (χ2n) is 4.43. The van der Waals surface area contributed by atoms with E-state index in [1.807, 2.05) is 57.3 Å². The van der Waals surface area contributed by atoms with Crippen molar-refractivity contribution in [3.8, 4) is 11.8 Å². The van der Waals surface area contributed by atoms with Gasteiger partial charge in [0.2, 0.25) is 0 Å². The maximum atomic E-state index is 5.78. The van der Waals surface area contributed by atoms with Crippen molar-refractivity contribution in [2.24, 2.45) is 0 Å². The molecule has 0 aliphatic rings. The number of para-hydroxylation sites is 1. The average molecular weight is 269 g/mol. The second-order valence-corrected chi connectivity index (χ2v) is 4.43. The first-order valence-corrected chi connectivity index (χ1v) is 6.61. The molecule has 1 N–H and O–H groups in total. The molecule has 0 saturated heterocycles. The summed E-state index contributed by atoms with van der Waals surface area (Å²) in [5.41, 5.74) is 3.00. The van der Waals surface area contributed by atoms with Gasteiger partial charge in [0.1, 0.15) is 5.75 Å². The molecule has 0 amide bonds. The monoisotopic (exact) mass is 269 g/mol. The van der Waals surface area contributed by atoms with E-state index in [9.17, 15) is 0 Å². The molecule has 0 spiro atoms. The molecular formula is C16H19N3O. The van der Waals surface area contributed by atoms with E-state index in [1.165, 1.54) is 0 Å². The highest BCUT2D eigenvalue weighted by Crippen LogP contribution is 2.24. The molecule has 1 aromatic heterocycles. The van der Waals surface area contributed by atoms with Crippen LogP contribution < -0.4 is 10.1 Å². The fourth-order valence-corrected chi connectivity index (χ4v) is 1.87. The van der Waals surface area contributed by atoms with Crippen LogP contribution in [0.2, 0.25) is 0 Å². The zero-order valence-corrected chi connectivity index (χ0v) is 12.1. The topological polar surface area (TPSA) is 47.0 Å². The minimum Gasteiger partial charge on any atom is -0.424 e. The molecule has 0 aliphatic carbocycles. The van der Waals surface area contributed by atoms with Crippen LogP contribution in [0.3, 0.4) is 0 Å². The van der Waals surface area contributed by atoms with E-state index in [2.05, 4.69) is 15.3 Å². The molecule has 0 fully saturated rings. The Hall–Kier alpha value is -2.20. The summed E-state index contributed by atoms with van der Waals surface area (Å²) in [5, 5.41) is 3.09. The molecule has 0 unspecified atom stereocenters. The summed E-state index contributed by atoms with van der Waals surface area (Å²) < 4.78 is 5.78. The van der Waals surface area contributed by atoms with Crippen molar-refractivity contribution >= 4 is 6.08 Å². The Morgan fingerprint density at radius 3 is 2.80 bits per heavy atom. The minimum atomic E-state index is 0.374. The first kappa shape index (κ1) is 14.2. The zero-order chi connectivity index (χ0) is 14.4. The third-order valence-corrected chi connectivity index (χ3v) is 2.89. The van der Waals surface area contributed by atoms with Gasteiger partial charge in [-0.05, 0) is 27.0 Å². The number of rotatable bonds is 5. The Bertz CT molecular complexity index is 608. The minimum absolute atomic E-state index is 0.374. The Labute approximate surface area is 119 Å². The number of hydrogen-bond acceptors (Lipinski definition) is 4. The highest BCUT2D eigenvalue weighted by molar-refractivity contribution is 5.57. The zero-order valence-electron chi connectivity index (χ0n) is 12.1. The number of nitrogens with one attached hydrogen (secondary N) is 1. The molecule has 0 radical (unpaired) electrons. The summed E-state index contributed by atoms with van der Waals surface area (Å²) in [4.78, 5) is 8.65. The SMILES string of the molecule is C/C=C/c1ccccc1Oc1ncc(CNC)c(C)n1. The van der Waals surface area contributed by atoms with Crippen LogP contribution in [0.4, 0.5) is 0 Å². The van der Waals surface area contributed by atoms with Crippen molar-refractivity contribution < 1.29 is 4.74 Å². The molecule has 0 saturated carbocycles. The number of aryl methyl sites for hydroxylation is 1. The number of nitrogens with zero attached hydrogens (tertiary/aromatic N) is 2. The standard InChI is InChI=1S/C16H19N3O/c1-4-7-13-8-5-6-9-15(13)20-16-18-11-14(10-17-3)12(2)19-16/h4-9,11,17H,10H2,1-3H3/b7-4+.